The van der Waals surface area contributed by atoms with Crippen molar-refractivity contribution in [2.75, 3.05) is 31.1 Å². The number of imide groups is 1. The number of nitrogens with one attached hydrogen (secondary N) is 1. The third kappa shape index (κ3) is 3.67. The molecule has 2 aliphatic heterocycles. The number of thioether (sulfide) groups is 1. The van der Waals surface area contributed by atoms with Gasteiger partial charge in [0, 0.05) is 17.7 Å². The molecule has 2 aromatic carbocycles. The number of carboxylic acid groups (broad SMARTS) is 1. The van der Waals surface area contributed by atoms with Gasteiger partial charge in [-0.05, 0) is 48.8 Å². The van der Waals surface area contributed by atoms with E-state index >= 15 is 0 Å². The topological polar surface area (TPSA) is 125 Å². The Hall–Kier alpha value is -3.24. The molecule has 2 amide bonds. The summed E-state index contributed by atoms with van der Waals surface area (Å²) in [6, 6.07) is 10.2. The zero-order valence-electron chi connectivity index (χ0n) is 19.0. The third-order valence-electron chi connectivity index (χ3n) is 6.64. The molecule has 180 valence electrons. The van der Waals surface area contributed by atoms with Gasteiger partial charge in [-0.25, -0.2) is 4.90 Å². The van der Waals surface area contributed by atoms with Gasteiger partial charge >= 0.3 is 5.97 Å². The Morgan fingerprint density at radius 1 is 1.09 bits per heavy atom. The first-order valence-corrected chi connectivity index (χ1v) is 12.1. The smallest absolute Gasteiger partial charge is 0.324 e. The first kappa shape index (κ1) is 23.9. The fraction of sp³-hybridized carbons (Fsp3) is 0.375. The Morgan fingerprint density at radius 3 is 2.29 bits per heavy atom. The summed E-state index contributed by atoms with van der Waals surface area (Å²) in [6.07, 6.45) is 1.98. The number of aliphatic carboxylic acids is 1. The van der Waals surface area contributed by atoms with Crippen molar-refractivity contribution in [2.45, 2.75) is 18.0 Å². The van der Waals surface area contributed by atoms with E-state index in [-0.39, 0.29) is 12.2 Å². The van der Waals surface area contributed by atoms with Crippen molar-refractivity contribution in [1.82, 2.24) is 5.32 Å². The fourth-order valence-electron chi connectivity index (χ4n) is 4.97. The molecular formula is C24H26N2O7S. The molecule has 2 heterocycles. The van der Waals surface area contributed by atoms with Crippen LogP contribution in [0.4, 0.5) is 5.69 Å². The summed E-state index contributed by atoms with van der Waals surface area (Å²) >= 11 is 1.45. The number of rotatable bonds is 8. The van der Waals surface area contributed by atoms with Gasteiger partial charge in [0.05, 0.1) is 31.7 Å². The first-order valence-electron chi connectivity index (χ1n) is 10.7. The molecule has 10 heteroatoms. The largest absolute Gasteiger partial charge is 0.507 e. The van der Waals surface area contributed by atoms with Crippen LogP contribution in [0.1, 0.15) is 18.0 Å². The normalized spacial score (nSPS) is 26.0. The van der Waals surface area contributed by atoms with Gasteiger partial charge in [-0.15, -0.1) is 0 Å². The number of phenolic OH excluding ortho intramolecular Hbond substituents is 1. The predicted octanol–water partition coefficient (Wildman–Crippen LogP) is 2.44. The number of carboxylic acids is 1. The SMILES string of the molecule is COc1ccc(N2C(=O)[C@H]3[C@@H](C2=O)[C@](CCSC)(C(=O)O)N[C@H]3c2ccc(OC)cc2O)cc1. The Labute approximate surface area is 201 Å². The number of phenols is 1. The van der Waals surface area contributed by atoms with Crippen LogP contribution in [-0.2, 0) is 14.4 Å². The van der Waals surface area contributed by atoms with E-state index in [9.17, 15) is 24.6 Å². The van der Waals surface area contributed by atoms with Crippen LogP contribution >= 0.6 is 11.8 Å². The highest BCUT2D eigenvalue weighted by molar-refractivity contribution is 7.98. The van der Waals surface area contributed by atoms with Crippen LogP contribution < -0.4 is 19.7 Å². The van der Waals surface area contributed by atoms with E-state index in [0.29, 0.717) is 28.5 Å². The Morgan fingerprint density at radius 2 is 1.74 bits per heavy atom. The number of hydrogen-bond acceptors (Lipinski definition) is 8. The molecule has 0 spiro atoms. The summed E-state index contributed by atoms with van der Waals surface area (Å²) in [7, 11) is 2.97. The molecule has 2 aromatic rings. The van der Waals surface area contributed by atoms with Crippen molar-refractivity contribution < 1.29 is 34.1 Å². The van der Waals surface area contributed by atoms with Crippen molar-refractivity contribution in [3.63, 3.8) is 0 Å². The molecule has 4 atom stereocenters. The van der Waals surface area contributed by atoms with Crippen LogP contribution in [0.5, 0.6) is 17.2 Å². The number of fused-ring (bicyclic) bond motifs is 1. The van der Waals surface area contributed by atoms with Gasteiger partial charge in [0.1, 0.15) is 22.8 Å². The minimum Gasteiger partial charge on any atom is -0.507 e. The van der Waals surface area contributed by atoms with E-state index in [1.165, 1.54) is 32.0 Å². The molecule has 2 fully saturated rings. The lowest BCUT2D eigenvalue weighted by Gasteiger charge is -2.31. The Kier molecular flexibility index (Phi) is 6.46. The molecule has 0 radical (unpaired) electrons. The average molecular weight is 487 g/mol. The molecule has 3 N–H and O–H groups in total. The van der Waals surface area contributed by atoms with E-state index in [2.05, 4.69) is 5.32 Å². The number of methoxy groups -OCH3 is 2. The number of hydrogen-bond donors (Lipinski definition) is 3. The molecule has 2 aliphatic rings. The molecule has 2 saturated heterocycles. The van der Waals surface area contributed by atoms with Crippen LogP contribution in [0.25, 0.3) is 0 Å². The van der Waals surface area contributed by atoms with Crippen molar-refractivity contribution in [1.29, 1.82) is 0 Å². The van der Waals surface area contributed by atoms with Crippen LogP contribution in [0.15, 0.2) is 42.5 Å². The zero-order valence-corrected chi connectivity index (χ0v) is 19.8. The van der Waals surface area contributed by atoms with Crippen LogP contribution in [0.2, 0.25) is 0 Å². The number of ether oxygens (including phenoxy) is 2. The number of benzene rings is 2. The first-order chi connectivity index (χ1) is 16.3. The molecule has 0 bridgehead atoms. The lowest BCUT2D eigenvalue weighted by molar-refractivity contribution is -0.148. The molecular weight excluding hydrogens is 460 g/mol. The average Bonchev–Trinajstić information content (AvgIpc) is 3.31. The lowest BCUT2D eigenvalue weighted by atomic mass is 9.78. The van der Waals surface area contributed by atoms with E-state index in [1.54, 1.807) is 36.4 Å². The second-order valence-electron chi connectivity index (χ2n) is 8.28. The number of carbonyl (C=O) groups excluding carboxylic acids is 2. The summed E-state index contributed by atoms with van der Waals surface area (Å²) in [5.74, 6) is -3.15. The quantitative estimate of drug-likeness (QED) is 0.482. The highest BCUT2D eigenvalue weighted by atomic mass is 32.2. The summed E-state index contributed by atoms with van der Waals surface area (Å²) in [5.41, 5.74) is -0.994. The van der Waals surface area contributed by atoms with Gasteiger partial charge in [-0.2, -0.15) is 11.8 Å². The van der Waals surface area contributed by atoms with Gasteiger partial charge < -0.3 is 19.7 Å². The summed E-state index contributed by atoms with van der Waals surface area (Å²) in [4.78, 5) is 41.1. The maximum Gasteiger partial charge on any atom is 0.324 e. The minimum atomic E-state index is -1.67. The number of anilines is 1. The third-order valence-corrected chi connectivity index (χ3v) is 7.25. The van der Waals surface area contributed by atoms with E-state index in [1.807, 2.05) is 6.26 Å². The van der Waals surface area contributed by atoms with Crippen LogP contribution in [0.3, 0.4) is 0 Å². The Bertz CT molecular complexity index is 1120. The minimum absolute atomic E-state index is 0.132. The highest BCUT2D eigenvalue weighted by Gasteiger charge is 2.68. The van der Waals surface area contributed by atoms with Crippen molar-refractivity contribution in [3.8, 4) is 17.2 Å². The van der Waals surface area contributed by atoms with Gasteiger partial charge in [0.2, 0.25) is 11.8 Å². The van der Waals surface area contributed by atoms with E-state index in [0.717, 1.165) is 4.90 Å². The number of carbonyl (C=O) groups is 3. The maximum absolute atomic E-state index is 13.7. The zero-order chi connectivity index (χ0) is 24.6. The molecule has 0 unspecified atom stereocenters. The summed E-state index contributed by atoms with van der Waals surface area (Å²) < 4.78 is 10.3. The van der Waals surface area contributed by atoms with Crippen molar-refractivity contribution in [3.05, 3.63) is 48.0 Å². The number of amides is 2. The van der Waals surface area contributed by atoms with Gasteiger partial charge in [-0.1, -0.05) is 6.07 Å². The summed E-state index contributed by atoms with van der Waals surface area (Å²) in [6.45, 7) is 0. The molecule has 4 rings (SSSR count). The molecule has 9 nitrogen and oxygen atoms in total. The fourth-order valence-corrected chi connectivity index (χ4v) is 5.49. The van der Waals surface area contributed by atoms with Crippen LogP contribution in [-0.4, -0.2) is 59.8 Å². The van der Waals surface area contributed by atoms with E-state index in [4.69, 9.17) is 9.47 Å². The van der Waals surface area contributed by atoms with Gasteiger partial charge in [-0.3, -0.25) is 19.7 Å². The van der Waals surface area contributed by atoms with Gasteiger partial charge in [0.25, 0.3) is 0 Å². The number of aromatic hydroxyl groups is 1. The monoisotopic (exact) mass is 486 g/mol. The number of nitrogens with zero attached hydrogens (tertiary/aromatic N) is 1. The lowest BCUT2D eigenvalue weighted by Crippen LogP contribution is -2.56. The Balaban J connectivity index is 1.84. The van der Waals surface area contributed by atoms with Crippen molar-refractivity contribution in [2.24, 2.45) is 11.8 Å². The van der Waals surface area contributed by atoms with Crippen LogP contribution in [0, 0.1) is 11.8 Å². The second-order valence-corrected chi connectivity index (χ2v) is 9.27. The van der Waals surface area contributed by atoms with Crippen molar-refractivity contribution >= 4 is 35.2 Å². The standard InChI is InChI=1S/C24H26N2O7S/c1-32-14-6-4-13(5-7-14)26-21(28)18-19(22(26)29)24(23(30)31,10-11-34-3)25-20(18)16-9-8-15(33-2)12-17(16)27/h4-9,12,18-20,25,27H,10-11H2,1-3H3,(H,30,31)/t18-,19-,20-,24+/m0/s1. The summed E-state index contributed by atoms with van der Waals surface area (Å²) in [5, 5.41) is 24.1. The molecule has 0 aliphatic carbocycles. The van der Waals surface area contributed by atoms with E-state index < -0.39 is 41.2 Å². The molecule has 0 aromatic heterocycles. The predicted molar refractivity (Wildman–Crippen MR) is 126 cm³/mol. The maximum atomic E-state index is 13.7. The molecule has 34 heavy (non-hydrogen) atoms. The highest BCUT2D eigenvalue weighted by Crippen LogP contribution is 2.52. The van der Waals surface area contributed by atoms with Gasteiger partial charge in [0.15, 0.2) is 0 Å². The second kappa shape index (κ2) is 9.19. The molecule has 0 saturated carbocycles.